The largest absolute Gasteiger partial charge is 0.309 e. The van der Waals surface area contributed by atoms with E-state index < -0.39 is 0 Å². The molecule has 8 aromatic carbocycles. The van der Waals surface area contributed by atoms with Gasteiger partial charge in [-0.05, 0) is 86.8 Å². The van der Waals surface area contributed by atoms with Crippen molar-refractivity contribution in [1.29, 1.82) is 0 Å². The minimum Gasteiger partial charge on any atom is -0.309 e. The molecule has 2 aromatic heterocycles. The number of aromatic nitrogens is 2. The molecule has 0 aliphatic carbocycles. The van der Waals surface area contributed by atoms with Crippen molar-refractivity contribution in [2.24, 2.45) is 0 Å². The van der Waals surface area contributed by atoms with Gasteiger partial charge in [-0.1, -0.05) is 133 Å². The van der Waals surface area contributed by atoms with Crippen molar-refractivity contribution < 1.29 is 0 Å². The molecule has 10 aromatic rings. The van der Waals surface area contributed by atoms with Crippen LogP contribution in [0.3, 0.4) is 0 Å². The summed E-state index contributed by atoms with van der Waals surface area (Å²) >= 11 is 0. The molecule has 0 radical (unpaired) electrons. The fourth-order valence-electron chi connectivity index (χ4n) is 7.79. The highest BCUT2D eigenvalue weighted by Crippen LogP contribution is 2.42. The van der Waals surface area contributed by atoms with E-state index >= 15 is 0 Å². The smallest absolute Gasteiger partial charge is 0.0635 e. The summed E-state index contributed by atoms with van der Waals surface area (Å²) in [5.74, 6) is 0. The molecule has 0 atom stereocenters. The molecule has 2 heterocycles. The molecule has 0 amide bonds. The Kier molecular flexibility index (Phi) is 5.91. The van der Waals surface area contributed by atoms with E-state index in [1.807, 2.05) is 0 Å². The van der Waals surface area contributed by atoms with Crippen molar-refractivity contribution in [3.8, 4) is 33.8 Å². The summed E-state index contributed by atoms with van der Waals surface area (Å²) in [5.41, 5.74) is 10.7. The van der Waals surface area contributed by atoms with Crippen LogP contribution in [-0.2, 0) is 0 Å². The summed E-state index contributed by atoms with van der Waals surface area (Å²) in [7, 11) is 0. The van der Waals surface area contributed by atoms with E-state index in [4.69, 9.17) is 0 Å². The zero-order chi connectivity index (χ0) is 31.6. The van der Waals surface area contributed by atoms with Crippen LogP contribution in [0, 0.1) is 0 Å². The molecular weight excluding hydrogens is 581 g/mol. The summed E-state index contributed by atoms with van der Waals surface area (Å²) in [4.78, 5) is 0. The number of nitrogens with zero attached hydrogens (tertiary/aromatic N) is 2. The zero-order valence-corrected chi connectivity index (χ0v) is 26.2. The lowest BCUT2D eigenvalue weighted by atomic mass is 9.93. The first kappa shape index (κ1) is 26.8. The van der Waals surface area contributed by atoms with E-state index in [9.17, 15) is 0 Å². The summed E-state index contributed by atoms with van der Waals surface area (Å²) in [6.45, 7) is 0. The van der Waals surface area contributed by atoms with Crippen LogP contribution in [0.4, 0.5) is 0 Å². The SMILES string of the molecule is c1ccc(-c2cc3c(ccc4c5ccccc5n(-c5cccc(-c6cc7ccccc7c7ccccc67)c5)c43)n2-c2ccccc2)cc1. The second-order valence-electron chi connectivity index (χ2n) is 12.6. The Morgan fingerprint density at radius 1 is 0.312 bits per heavy atom. The van der Waals surface area contributed by atoms with Gasteiger partial charge in [0.15, 0.2) is 0 Å². The predicted molar refractivity (Wildman–Crippen MR) is 203 cm³/mol. The maximum Gasteiger partial charge on any atom is 0.0635 e. The summed E-state index contributed by atoms with van der Waals surface area (Å²) in [5, 5.41) is 8.83. The monoisotopic (exact) mass is 610 g/mol. The Labute approximate surface area is 278 Å². The molecule has 0 N–H and O–H groups in total. The van der Waals surface area contributed by atoms with Gasteiger partial charge in [-0.25, -0.2) is 0 Å². The molecular formula is C46H30N2. The van der Waals surface area contributed by atoms with Gasteiger partial charge in [0.05, 0.1) is 22.2 Å². The average Bonchev–Trinajstić information content (AvgIpc) is 3.72. The first-order valence-corrected chi connectivity index (χ1v) is 16.5. The third-order valence-electron chi connectivity index (χ3n) is 9.88. The van der Waals surface area contributed by atoms with Crippen LogP contribution >= 0.6 is 0 Å². The molecule has 10 rings (SSSR count). The molecule has 0 aliphatic rings. The molecule has 0 saturated heterocycles. The predicted octanol–water partition coefficient (Wildman–Crippen LogP) is 12.4. The van der Waals surface area contributed by atoms with Gasteiger partial charge in [0, 0.05) is 27.5 Å². The second kappa shape index (κ2) is 10.6. The van der Waals surface area contributed by atoms with E-state index in [0.29, 0.717) is 0 Å². The third kappa shape index (κ3) is 4.00. The van der Waals surface area contributed by atoms with E-state index in [0.717, 1.165) is 11.4 Å². The Morgan fingerprint density at radius 3 is 1.77 bits per heavy atom. The van der Waals surface area contributed by atoms with Crippen molar-refractivity contribution in [3.63, 3.8) is 0 Å². The number of benzene rings is 8. The van der Waals surface area contributed by atoms with Crippen LogP contribution < -0.4 is 0 Å². The first-order chi connectivity index (χ1) is 23.8. The topological polar surface area (TPSA) is 9.86 Å². The quantitative estimate of drug-likeness (QED) is 0.175. The number of hydrogen-bond donors (Lipinski definition) is 0. The van der Waals surface area contributed by atoms with Crippen molar-refractivity contribution in [3.05, 3.63) is 182 Å². The molecule has 0 unspecified atom stereocenters. The van der Waals surface area contributed by atoms with E-state index in [1.54, 1.807) is 0 Å². The zero-order valence-electron chi connectivity index (χ0n) is 26.2. The van der Waals surface area contributed by atoms with E-state index in [2.05, 4.69) is 191 Å². The molecule has 0 saturated carbocycles. The summed E-state index contributed by atoms with van der Waals surface area (Å²) in [6.07, 6.45) is 0. The van der Waals surface area contributed by atoms with Gasteiger partial charge < -0.3 is 9.13 Å². The Balaban J connectivity index is 1.29. The molecule has 224 valence electrons. The first-order valence-electron chi connectivity index (χ1n) is 16.5. The van der Waals surface area contributed by atoms with Gasteiger partial charge in [-0.3, -0.25) is 0 Å². The second-order valence-corrected chi connectivity index (χ2v) is 12.6. The van der Waals surface area contributed by atoms with Crippen LogP contribution in [0.1, 0.15) is 0 Å². The van der Waals surface area contributed by atoms with Crippen molar-refractivity contribution in [2.75, 3.05) is 0 Å². The van der Waals surface area contributed by atoms with Crippen LogP contribution in [0.25, 0.3) is 88.0 Å². The van der Waals surface area contributed by atoms with Gasteiger partial charge in [-0.2, -0.15) is 0 Å². The lowest BCUT2D eigenvalue weighted by Gasteiger charge is -2.14. The van der Waals surface area contributed by atoms with Gasteiger partial charge in [0.1, 0.15) is 0 Å². The molecule has 0 aliphatic heterocycles. The van der Waals surface area contributed by atoms with Crippen molar-refractivity contribution >= 4 is 54.3 Å². The highest BCUT2D eigenvalue weighted by atomic mass is 15.0. The summed E-state index contributed by atoms with van der Waals surface area (Å²) < 4.78 is 4.88. The highest BCUT2D eigenvalue weighted by molar-refractivity contribution is 6.19. The van der Waals surface area contributed by atoms with Gasteiger partial charge >= 0.3 is 0 Å². The Morgan fingerprint density at radius 2 is 0.938 bits per heavy atom. The molecule has 0 bridgehead atoms. The van der Waals surface area contributed by atoms with Gasteiger partial charge in [0.2, 0.25) is 0 Å². The fraction of sp³-hybridized carbons (Fsp3) is 0. The van der Waals surface area contributed by atoms with E-state index in [-0.39, 0.29) is 0 Å². The van der Waals surface area contributed by atoms with Crippen LogP contribution in [-0.4, -0.2) is 9.13 Å². The highest BCUT2D eigenvalue weighted by Gasteiger charge is 2.20. The number of rotatable bonds is 4. The van der Waals surface area contributed by atoms with Gasteiger partial charge in [0.25, 0.3) is 0 Å². The number of para-hydroxylation sites is 2. The Hall–Kier alpha value is -6.38. The standard InChI is InChI=1S/C46H30N2/c1-3-14-31(15-4-1)45-30-42-44(47(45)34-18-5-2-6-19-34)27-26-40-39-24-11-12-25-43(39)48(46(40)42)35-20-13-17-32(28-35)41-29-33-16-7-8-21-36(33)37-22-9-10-23-38(37)41/h1-30H. The minimum atomic E-state index is 1.15. The lowest BCUT2D eigenvalue weighted by Crippen LogP contribution is -1.97. The maximum absolute atomic E-state index is 2.48. The number of fused-ring (bicyclic) bond motifs is 8. The molecule has 2 nitrogen and oxygen atoms in total. The summed E-state index contributed by atoms with van der Waals surface area (Å²) in [6, 6.07) is 66.2. The van der Waals surface area contributed by atoms with Crippen molar-refractivity contribution in [2.45, 2.75) is 0 Å². The van der Waals surface area contributed by atoms with Crippen molar-refractivity contribution in [1.82, 2.24) is 9.13 Å². The van der Waals surface area contributed by atoms with Crippen LogP contribution in [0.15, 0.2) is 182 Å². The van der Waals surface area contributed by atoms with E-state index in [1.165, 1.54) is 76.6 Å². The van der Waals surface area contributed by atoms with Crippen LogP contribution in [0.5, 0.6) is 0 Å². The number of hydrogen-bond acceptors (Lipinski definition) is 0. The van der Waals surface area contributed by atoms with Crippen LogP contribution in [0.2, 0.25) is 0 Å². The lowest BCUT2D eigenvalue weighted by molar-refractivity contribution is 1.13. The molecule has 0 spiro atoms. The molecule has 0 fully saturated rings. The van der Waals surface area contributed by atoms with Gasteiger partial charge in [-0.15, -0.1) is 0 Å². The Bertz CT molecular complexity index is 2820. The molecule has 48 heavy (non-hydrogen) atoms. The fourth-order valence-corrected chi connectivity index (χ4v) is 7.79. The third-order valence-corrected chi connectivity index (χ3v) is 9.88. The average molecular weight is 611 g/mol. The molecule has 2 heteroatoms. The normalized spacial score (nSPS) is 11.8. The minimum absolute atomic E-state index is 1.15. The maximum atomic E-state index is 2.48.